The molecule has 0 aliphatic carbocycles. The van der Waals surface area contributed by atoms with E-state index in [0.717, 1.165) is 10.1 Å². The van der Waals surface area contributed by atoms with Crippen LogP contribution in [0.15, 0.2) is 34.0 Å². The summed E-state index contributed by atoms with van der Waals surface area (Å²) in [6.45, 7) is 7.18. The van der Waals surface area contributed by atoms with E-state index in [1.165, 1.54) is 6.20 Å². The summed E-state index contributed by atoms with van der Waals surface area (Å²) in [7, 11) is 0. The van der Waals surface area contributed by atoms with Crippen molar-refractivity contribution in [2.24, 2.45) is 10.2 Å². The van der Waals surface area contributed by atoms with Gasteiger partial charge in [0.2, 0.25) is 0 Å². The molecule has 1 fully saturated rings. The van der Waals surface area contributed by atoms with Gasteiger partial charge in [0.25, 0.3) is 0 Å². The Hall–Kier alpha value is -1.40. The fourth-order valence-corrected chi connectivity index (χ4v) is 1.69. The fraction of sp³-hybridized carbons (Fsp3) is 0.600. The number of hydrogen-bond donors (Lipinski definition) is 1. The maximum atomic E-state index is 12.2. The second kappa shape index (κ2) is 3.05. The smallest absolute Gasteiger partial charge is 0.185 e. The number of allylic oxidation sites excluding steroid dienone is 1. The van der Waals surface area contributed by atoms with Gasteiger partial charge in [0.1, 0.15) is 5.70 Å². The Bertz CT molecular complexity index is 373. The Labute approximate surface area is 94.1 Å². The van der Waals surface area contributed by atoms with Gasteiger partial charge in [-0.1, -0.05) is 5.21 Å². The zero-order valence-corrected chi connectivity index (χ0v) is 9.80. The minimum absolute atomic E-state index is 0.146. The second-order valence-corrected chi connectivity index (χ2v) is 4.96. The number of azo groups is 1. The zero-order valence-electron chi connectivity index (χ0n) is 9.80. The first-order chi connectivity index (χ1) is 7.30. The second-order valence-electron chi connectivity index (χ2n) is 4.96. The highest BCUT2D eigenvalue weighted by molar-refractivity contribution is 5.30. The first-order valence-electron chi connectivity index (χ1n) is 5.08. The minimum Gasteiger partial charge on any atom is -0.286 e. The molecule has 2 aliphatic heterocycles. The van der Waals surface area contributed by atoms with Crippen LogP contribution in [-0.4, -0.2) is 26.4 Å². The standard InChI is InChI=1S/C10H15N4O2/c1-9(2)10(3,4)14(16)8(13(9)15)7-5-6-11-12-7/h5-6,15H,1-4H3/b8-7+. The summed E-state index contributed by atoms with van der Waals surface area (Å²) in [5, 5.41) is 31.5. The molecule has 16 heavy (non-hydrogen) atoms. The Kier molecular flexibility index (Phi) is 2.12. The normalized spacial score (nSPS) is 30.6. The molecule has 1 N–H and O–H groups in total. The van der Waals surface area contributed by atoms with Crippen molar-refractivity contribution in [2.75, 3.05) is 0 Å². The first-order valence-corrected chi connectivity index (χ1v) is 5.08. The van der Waals surface area contributed by atoms with E-state index in [4.69, 9.17) is 0 Å². The minimum atomic E-state index is -0.740. The summed E-state index contributed by atoms with van der Waals surface area (Å²) in [5.74, 6) is 0.146. The molecular weight excluding hydrogens is 208 g/mol. The van der Waals surface area contributed by atoms with Crippen LogP contribution in [0.3, 0.4) is 0 Å². The average molecular weight is 223 g/mol. The molecule has 1 saturated heterocycles. The highest BCUT2D eigenvalue weighted by Gasteiger charge is 2.57. The van der Waals surface area contributed by atoms with Gasteiger partial charge < -0.3 is 0 Å². The van der Waals surface area contributed by atoms with Gasteiger partial charge in [-0.05, 0) is 33.8 Å². The molecule has 0 atom stereocenters. The molecule has 0 aromatic rings. The molecule has 0 aromatic carbocycles. The van der Waals surface area contributed by atoms with Gasteiger partial charge in [-0.15, -0.1) is 5.11 Å². The van der Waals surface area contributed by atoms with Gasteiger partial charge in [-0.25, -0.2) is 5.06 Å². The molecular formula is C10H15N4O2. The van der Waals surface area contributed by atoms with Crippen molar-refractivity contribution in [1.29, 1.82) is 0 Å². The summed E-state index contributed by atoms with van der Waals surface area (Å²) in [5.41, 5.74) is -1.05. The van der Waals surface area contributed by atoms with E-state index < -0.39 is 11.1 Å². The van der Waals surface area contributed by atoms with Crippen molar-refractivity contribution in [1.82, 2.24) is 10.1 Å². The van der Waals surface area contributed by atoms with E-state index in [1.54, 1.807) is 33.8 Å². The van der Waals surface area contributed by atoms with Crippen LogP contribution in [0.25, 0.3) is 0 Å². The molecule has 1 radical (unpaired) electrons. The third-order valence-corrected chi connectivity index (χ3v) is 3.62. The monoisotopic (exact) mass is 223 g/mol. The summed E-state index contributed by atoms with van der Waals surface area (Å²) < 4.78 is 0. The lowest BCUT2D eigenvalue weighted by molar-refractivity contribution is -0.181. The SMILES string of the molecule is CC1(C)N([O])/C(=C2\C=CN=N2)N(O)C1(C)C. The predicted octanol–water partition coefficient (Wildman–Crippen LogP) is 2.04. The predicted molar refractivity (Wildman–Crippen MR) is 55.3 cm³/mol. The molecule has 2 rings (SSSR count). The molecule has 0 spiro atoms. The van der Waals surface area contributed by atoms with E-state index >= 15 is 0 Å². The summed E-state index contributed by atoms with van der Waals surface area (Å²) in [4.78, 5) is 0. The summed E-state index contributed by atoms with van der Waals surface area (Å²) in [6.07, 6.45) is 3.09. The number of nitrogens with zero attached hydrogens (tertiary/aromatic N) is 4. The van der Waals surface area contributed by atoms with Crippen molar-refractivity contribution in [3.63, 3.8) is 0 Å². The molecule has 6 nitrogen and oxygen atoms in total. The molecule has 2 aliphatic rings. The molecule has 0 unspecified atom stereocenters. The number of rotatable bonds is 0. The van der Waals surface area contributed by atoms with E-state index in [9.17, 15) is 10.4 Å². The molecule has 0 saturated carbocycles. The van der Waals surface area contributed by atoms with E-state index in [1.807, 2.05) is 0 Å². The Morgan fingerprint density at radius 1 is 1.25 bits per heavy atom. The maximum absolute atomic E-state index is 12.2. The average Bonchev–Trinajstić information content (AvgIpc) is 2.73. The van der Waals surface area contributed by atoms with Crippen LogP contribution in [-0.2, 0) is 5.21 Å². The summed E-state index contributed by atoms with van der Waals surface area (Å²) >= 11 is 0. The van der Waals surface area contributed by atoms with Crippen LogP contribution in [0.1, 0.15) is 27.7 Å². The molecule has 2 heterocycles. The fourth-order valence-electron chi connectivity index (χ4n) is 1.69. The molecule has 0 amide bonds. The Morgan fingerprint density at radius 2 is 1.88 bits per heavy atom. The van der Waals surface area contributed by atoms with Crippen LogP contribution in [0.4, 0.5) is 0 Å². The topological polar surface area (TPSA) is 71.3 Å². The van der Waals surface area contributed by atoms with Gasteiger partial charge in [-0.2, -0.15) is 10.2 Å². The molecule has 87 valence electrons. The largest absolute Gasteiger partial charge is 0.286 e. The number of hydrogen-bond acceptors (Lipinski definition) is 5. The van der Waals surface area contributed by atoms with Gasteiger partial charge in [-0.3, -0.25) is 5.21 Å². The molecule has 6 heteroatoms. The third-order valence-electron chi connectivity index (χ3n) is 3.62. The van der Waals surface area contributed by atoms with Crippen molar-refractivity contribution in [2.45, 2.75) is 38.8 Å². The summed E-state index contributed by atoms with van der Waals surface area (Å²) in [6, 6.07) is 0. The van der Waals surface area contributed by atoms with E-state index in [-0.39, 0.29) is 5.82 Å². The highest BCUT2D eigenvalue weighted by Crippen LogP contribution is 2.44. The van der Waals surface area contributed by atoms with Crippen LogP contribution in [0.5, 0.6) is 0 Å². The number of hydroxylamine groups is 4. The Balaban J connectivity index is 2.56. The van der Waals surface area contributed by atoms with E-state index in [0.29, 0.717) is 5.70 Å². The van der Waals surface area contributed by atoms with Crippen molar-refractivity contribution in [3.8, 4) is 0 Å². The third kappa shape index (κ3) is 1.14. The van der Waals surface area contributed by atoms with Crippen molar-refractivity contribution < 1.29 is 10.4 Å². The lowest BCUT2D eigenvalue weighted by Crippen LogP contribution is -2.52. The molecule has 0 bridgehead atoms. The maximum Gasteiger partial charge on any atom is 0.185 e. The lowest BCUT2D eigenvalue weighted by Gasteiger charge is -2.36. The van der Waals surface area contributed by atoms with Crippen LogP contribution in [0, 0.1) is 0 Å². The lowest BCUT2D eigenvalue weighted by atomic mass is 9.84. The van der Waals surface area contributed by atoms with Crippen molar-refractivity contribution in [3.05, 3.63) is 23.8 Å². The molecule has 0 aromatic heterocycles. The first kappa shape index (κ1) is 11.1. The van der Waals surface area contributed by atoms with Crippen LogP contribution in [0.2, 0.25) is 0 Å². The van der Waals surface area contributed by atoms with Crippen LogP contribution < -0.4 is 0 Å². The zero-order chi connectivity index (χ0) is 12.1. The van der Waals surface area contributed by atoms with Gasteiger partial charge in [0.15, 0.2) is 5.82 Å². The van der Waals surface area contributed by atoms with Gasteiger partial charge >= 0.3 is 0 Å². The van der Waals surface area contributed by atoms with Gasteiger partial charge in [0.05, 0.1) is 17.3 Å². The van der Waals surface area contributed by atoms with Crippen molar-refractivity contribution >= 4 is 0 Å². The van der Waals surface area contributed by atoms with Gasteiger partial charge in [0, 0.05) is 0 Å². The van der Waals surface area contributed by atoms with E-state index in [2.05, 4.69) is 10.2 Å². The Morgan fingerprint density at radius 3 is 2.25 bits per heavy atom. The quantitative estimate of drug-likeness (QED) is 0.683. The highest BCUT2D eigenvalue weighted by atomic mass is 16.6. The van der Waals surface area contributed by atoms with Crippen LogP contribution >= 0.6 is 0 Å².